The van der Waals surface area contributed by atoms with Crippen molar-refractivity contribution in [2.75, 3.05) is 11.5 Å². The number of rotatable bonds is 5. The zero-order chi connectivity index (χ0) is 31.0. The summed E-state index contributed by atoms with van der Waals surface area (Å²) >= 11 is 0. The number of fused-ring (bicyclic) bond motifs is 2. The standard InChI is InChI=1S/C44H32N2/c45-39-25-23-37(41(31-13-3-1-4-14-31)43(39)35-21-19-29-11-7-9-17-33(29)27-35)38-24-26-40(46)44(42(38)32-15-5-2-6-16-32)36-22-20-30-12-8-10-18-34(30)28-36/h1-28H,45-46H2. The molecule has 2 nitrogen and oxygen atoms in total. The average Bonchev–Trinajstić information content (AvgIpc) is 3.12. The Morgan fingerprint density at radius 2 is 0.630 bits per heavy atom. The van der Waals surface area contributed by atoms with Crippen LogP contribution in [0.5, 0.6) is 0 Å². The lowest BCUT2D eigenvalue weighted by molar-refractivity contribution is 1.54. The Labute approximate surface area is 269 Å². The molecule has 0 saturated heterocycles. The van der Waals surface area contributed by atoms with Gasteiger partial charge in [-0.25, -0.2) is 0 Å². The highest BCUT2D eigenvalue weighted by Gasteiger charge is 2.23. The molecule has 4 N–H and O–H groups in total. The van der Waals surface area contributed by atoms with E-state index in [1.807, 2.05) is 12.1 Å². The van der Waals surface area contributed by atoms with E-state index in [-0.39, 0.29) is 0 Å². The fourth-order valence-electron chi connectivity index (χ4n) is 6.81. The summed E-state index contributed by atoms with van der Waals surface area (Å²) in [5.41, 5.74) is 26.1. The van der Waals surface area contributed by atoms with Crippen LogP contribution in [0.3, 0.4) is 0 Å². The second-order valence-electron chi connectivity index (χ2n) is 11.8. The second-order valence-corrected chi connectivity index (χ2v) is 11.8. The predicted octanol–water partition coefficient (Wildman–Crippen LogP) is 11.5. The number of anilines is 2. The van der Waals surface area contributed by atoms with Crippen LogP contribution in [0.2, 0.25) is 0 Å². The van der Waals surface area contributed by atoms with E-state index >= 15 is 0 Å². The molecular weight excluding hydrogens is 556 g/mol. The van der Waals surface area contributed by atoms with E-state index in [1.165, 1.54) is 21.5 Å². The minimum atomic E-state index is 0.740. The molecule has 0 heterocycles. The van der Waals surface area contributed by atoms with Gasteiger partial charge in [-0.1, -0.05) is 146 Å². The van der Waals surface area contributed by atoms with E-state index in [9.17, 15) is 0 Å². The molecule has 0 aliphatic heterocycles. The molecule has 0 aromatic heterocycles. The molecule has 8 aromatic rings. The molecule has 0 radical (unpaired) electrons. The molecule has 0 fully saturated rings. The first-order chi connectivity index (χ1) is 22.7. The maximum atomic E-state index is 6.91. The van der Waals surface area contributed by atoms with Crippen LogP contribution in [0.25, 0.3) is 77.2 Å². The second kappa shape index (κ2) is 11.4. The van der Waals surface area contributed by atoms with Crippen LogP contribution in [0, 0.1) is 0 Å². The van der Waals surface area contributed by atoms with Gasteiger partial charge in [-0.05, 0) is 90.3 Å². The van der Waals surface area contributed by atoms with Gasteiger partial charge >= 0.3 is 0 Å². The molecule has 2 heteroatoms. The summed E-state index contributed by atoms with van der Waals surface area (Å²) in [6, 6.07) is 59.8. The third-order valence-corrected chi connectivity index (χ3v) is 8.97. The monoisotopic (exact) mass is 588 g/mol. The summed E-state index contributed by atoms with van der Waals surface area (Å²) in [5, 5.41) is 4.76. The van der Waals surface area contributed by atoms with Crippen LogP contribution in [-0.2, 0) is 0 Å². The summed E-state index contributed by atoms with van der Waals surface area (Å²) in [6.07, 6.45) is 0. The summed E-state index contributed by atoms with van der Waals surface area (Å²) in [7, 11) is 0. The predicted molar refractivity (Wildman–Crippen MR) is 197 cm³/mol. The van der Waals surface area contributed by atoms with Crippen LogP contribution in [0.15, 0.2) is 170 Å². The number of benzene rings is 8. The maximum absolute atomic E-state index is 6.91. The molecule has 0 aliphatic rings. The first-order valence-electron chi connectivity index (χ1n) is 15.6. The zero-order valence-electron chi connectivity index (χ0n) is 25.3. The first kappa shape index (κ1) is 27.4. The molecular formula is C44H32N2. The highest BCUT2D eigenvalue weighted by atomic mass is 14.6. The Morgan fingerprint density at radius 1 is 0.261 bits per heavy atom. The summed E-state index contributed by atoms with van der Waals surface area (Å²) in [6.45, 7) is 0. The van der Waals surface area contributed by atoms with Gasteiger partial charge in [0.15, 0.2) is 0 Å². The average molecular weight is 589 g/mol. The molecule has 46 heavy (non-hydrogen) atoms. The van der Waals surface area contributed by atoms with Gasteiger partial charge in [0.05, 0.1) is 0 Å². The number of nitrogens with two attached hydrogens (primary N) is 2. The number of hydrogen-bond acceptors (Lipinski definition) is 2. The van der Waals surface area contributed by atoms with Crippen molar-refractivity contribution in [3.05, 3.63) is 170 Å². The largest absolute Gasteiger partial charge is 0.398 e. The van der Waals surface area contributed by atoms with Gasteiger partial charge in [-0.3, -0.25) is 0 Å². The highest BCUT2D eigenvalue weighted by Crippen LogP contribution is 2.49. The molecule has 0 bridgehead atoms. The topological polar surface area (TPSA) is 52.0 Å². The van der Waals surface area contributed by atoms with E-state index in [1.54, 1.807) is 0 Å². The number of hydrogen-bond donors (Lipinski definition) is 2. The van der Waals surface area contributed by atoms with Crippen LogP contribution >= 0.6 is 0 Å². The smallest absolute Gasteiger partial charge is 0.0400 e. The molecule has 0 atom stereocenters. The SMILES string of the molecule is Nc1ccc(-c2ccc(N)c(-c3ccc4ccccc4c3)c2-c2ccccc2)c(-c2ccccc2)c1-c1ccc2ccccc2c1. The normalized spacial score (nSPS) is 11.2. The fraction of sp³-hybridized carbons (Fsp3) is 0. The minimum absolute atomic E-state index is 0.740. The van der Waals surface area contributed by atoms with E-state index in [0.717, 1.165) is 67.0 Å². The molecule has 0 unspecified atom stereocenters. The Morgan fingerprint density at radius 3 is 1.04 bits per heavy atom. The van der Waals surface area contributed by atoms with E-state index in [2.05, 4.69) is 158 Å². The van der Waals surface area contributed by atoms with Gasteiger partial charge in [-0.2, -0.15) is 0 Å². The molecule has 0 amide bonds. The lowest BCUT2D eigenvalue weighted by Crippen LogP contribution is -2.00. The van der Waals surface area contributed by atoms with Crippen molar-refractivity contribution in [1.82, 2.24) is 0 Å². The van der Waals surface area contributed by atoms with Crippen LogP contribution < -0.4 is 11.5 Å². The van der Waals surface area contributed by atoms with Crippen LogP contribution in [-0.4, -0.2) is 0 Å². The van der Waals surface area contributed by atoms with Crippen molar-refractivity contribution >= 4 is 32.9 Å². The van der Waals surface area contributed by atoms with E-state index in [0.29, 0.717) is 0 Å². The van der Waals surface area contributed by atoms with Crippen molar-refractivity contribution in [3.63, 3.8) is 0 Å². The Hall–Kier alpha value is -6.12. The van der Waals surface area contributed by atoms with Gasteiger partial charge in [0.1, 0.15) is 0 Å². The lowest BCUT2D eigenvalue weighted by atomic mass is 9.81. The highest BCUT2D eigenvalue weighted by molar-refractivity contribution is 6.07. The lowest BCUT2D eigenvalue weighted by Gasteiger charge is -2.23. The zero-order valence-corrected chi connectivity index (χ0v) is 25.3. The summed E-state index contributed by atoms with van der Waals surface area (Å²) in [4.78, 5) is 0. The van der Waals surface area contributed by atoms with Gasteiger partial charge in [0, 0.05) is 22.5 Å². The molecule has 0 spiro atoms. The van der Waals surface area contributed by atoms with Crippen molar-refractivity contribution < 1.29 is 0 Å². The van der Waals surface area contributed by atoms with Gasteiger partial charge in [-0.15, -0.1) is 0 Å². The Kier molecular flexibility index (Phi) is 6.81. The fourth-order valence-corrected chi connectivity index (χ4v) is 6.81. The molecule has 218 valence electrons. The van der Waals surface area contributed by atoms with Crippen molar-refractivity contribution in [2.45, 2.75) is 0 Å². The summed E-state index contributed by atoms with van der Waals surface area (Å²) < 4.78 is 0. The van der Waals surface area contributed by atoms with Gasteiger partial charge in [0.25, 0.3) is 0 Å². The maximum Gasteiger partial charge on any atom is 0.0400 e. The van der Waals surface area contributed by atoms with Gasteiger partial charge in [0.2, 0.25) is 0 Å². The van der Waals surface area contributed by atoms with E-state index in [4.69, 9.17) is 11.5 Å². The Bertz CT molecular complexity index is 2200. The quantitative estimate of drug-likeness (QED) is 0.197. The van der Waals surface area contributed by atoms with Gasteiger partial charge < -0.3 is 11.5 Å². The minimum Gasteiger partial charge on any atom is -0.398 e. The Balaban J connectivity index is 1.47. The molecule has 0 aliphatic carbocycles. The third kappa shape index (κ3) is 4.77. The van der Waals surface area contributed by atoms with Crippen molar-refractivity contribution in [3.8, 4) is 55.6 Å². The molecule has 8 rings (SSSR count). The first-order valence-corrected chi connectivity index (χ1v) is 15.6. The van der Waals surface area contributed by atoms with Crippen LogP contribution in [0.1, 0.15) is 0 Å². The van der Waals surface area contributed by atoms with Crippen LogP contribution in [0.4, 0.5) is 11.4 Å². The molecule has 8 aromatic carbocycles. The van der Waals surface area contributed by atoms with Crippen molar-refractivity contribution in [1.29, 1.82) is 0 Å². The number of nitrogen functional groups attached to an aromatic ring is 2. The summed E-state index contributed by atoms with van der Waals surface area (Å²) in [5.74, 6) is 0. The third-order valence-electron chi connectivity index (χ3n) is 8.97. The van der Waals surface area contributed by atoms with E-state index < -0.39 is 0 Å². The molecule has 0 saturated carbocycles. The van der Waals surface area contributed by atoms with Crippen molar-refractivity contribution in [2.24, 2.45) is 0 Å².